The SMILES string of the molecule is N#Cc1ccc(NC(=O)[C@H](SCC(=O)[O-])c2ccccc2)cc1. The zero-order valence-corrected chi connectivity index (χ0v) is 12.9. The molecular formula is C17H13N2O3S-. The predicted octanol–water partition coefficient (Wildman–Crippen LogP) is 1.72. The largest absolute Gasteiger partial charge is 0.549 e. The molecule has 1 amide bonds. The zero-order valence-electron chi connectivity index (χ0n) is 12.1. The van der Waals surface area contributed by atoms with Crippen LogP contribution in [0.15, 0.2) is 54.6 Å². The van der Waals surface area contributed by atoms with Gasteiger partial charge in [-0.1, -0.05) is 30.3 Å². The fraction of sp³-hybridized carbons (Fsp3) is 0.118. The number of amides is 1. The third-order valence-corrected chi connectivity index (χ3v) is 4.21. The van der Waals surface area contributed by atoms with E-state index in [0.29, 0.717) is 16.8 Å². The molecule has 0 spiro atoms. The minimum absolute atomic E-state index is 0.277. The molecule has 0 aliphatic carbocycles. The van der Waals surface area contributed by atoms with Gasteiger partial charge in [-0.05, 0) is 29.8 Å². The van der Waals surface area contributed by atoms with E-state index in [1.165, 1.54) is 0 Å². The normalized spacial score (nSPS) is 11.3. The summed E-state index contributed by atoms with van der Waals surface area (Å²) < 4.78 is 0. The number of benzene rings is 2. The molecule has 0 fully saturated rings. The number of anilines is 1. The second-order valence-electron chi connectivity index (χ2n) is 4.65. The number of nitrogens with zero attached hydrogens (tertiary/aromatic N) is 1. The number of carbonyl (C=O) groups is 2. The highest BCUT2D eigenvalue weighted by Gasteiger charge is 2.21. The standard InChI is InChI=1S/C17H14N2O3S/c18-10-12-6-8-14(9-7-12)19-17(22)16(23-11-15(20)21)13-4-2-1-3-5-13/h1-9,16H,11H2,(H,19,22)(H,20,21)/p-1/t16-/m1/s1. The molecule has 2 aromatic rings. The Morgan fingerprint density at radius 2 is 1.78 bits per heavy atom. The van der Waals surface area contributed by atoms with Crippen molar-refractivity contribution >= 4 is 29.3 Å². The molecule has 2 aromatic carbocycles. The molecule has 0 saturated carbocycles. The highest BCUT2D eigenvalue weighted by Crippen LogP contribution is 2.30. The lowest BCUT2D eigenvalue weighted by atomic mass is 10.1. The minimum Gasteiger partial charge on any atom is -0.549 e. The first-order valence-corrected chi connectivity index (χ1v) is 7.82. The van der Waals surface area contributed by atoms with Crippen molar-refractivity contribution in [2.75, 3.05) is 11.1 Å². The van der Waals surface area contributed by atoms with Crippen LogP contribution in [0.25, 0.3) is 0 Å². The van der Waals surface area contributed by atoms with E-state index in [-0.39, 0.29) is 11.7 Å². The number of nitrogens with one attached hydrogen (secondary N) is 1. The average Bonchev–Trinajstić information content (AvgIpc) is 2.56. The van der Waals surface area contributed by atoms with E-state index in [0.717, 1.165) is 11.8 Å². The number of hydrogen-bond donors (Lipinski definition) is 1. The van der Waals surface area contributed by atoms with Gasteiger partial charge in [0.25, 0.3) is 0 Å². The molecule has 0 radical (unpaired) electrons. The number of carboxylic acids is 1. The summed E-state index contributed by atoms with van der Waals surface area (Å²) in [5.41, 5.74) is 1.75. The van der Waals surface area contributed by atoms with Gasteiger partial charge in [0.15, 0.2) is 0 Å². The van der Waals surface area contributed by atoms with Crippen molar-refractivity contribution in [1.29, 1.82) is 5.26 Å². The molecule has 116 valence electrons. The highest BCUT2D eigenvalue weighted by atomic mass is 32.2. The van der Waals surface area contributed by atoms with Crippen molar-refractivity contribution in [3.8, 4) is 6.07 Å². The molecule has 23 heavy (non-hydrogen) atoms. The molecule has 0 saturated heterocycles. The van der Waals surface area contributed by atoms with Gasteiger partial charge in [0.05, 0.1) is 17.6 Å². The third-order valence-electron chi connectivity index (χ3n) is 2.99. The van der Waals surface area contributed by atoms with Gasteiger partial charge in [-0.25, -0.2) is 0 Å². The number of carboxylic acid groups (broad SMARTS) is 1. The third kappa shape index (κ3) is 4.87. The smallest absolute Gasteiger partial charge is 0.242 e. The summed E-state index contributed by atoms with van der Waals surface area (Å²) in [6, 6.07) is 17.4. The summed E-state index contributed by atoms with van der Waals surface area (Å²) >= 11 is 0.991. The molecule has 1 N–H and O–H groups in total. The van der Waals surface area contributed by atoms with E-state index in [1.54, 1.807) is 48.5 Å². The highest BCUT2D eigenvalue weighted by molar-refractivity contribution is 8.00. The van der Waals surface area contributed by atoms with Gasteiger partial charge >= 0.3 is 0 Å². The van der Waals surface area contributed by atoms with Crippen molar-refractivity contribution in [2.24, 2.45) is 0 Å². The first-order valence-electron chi connectivity index (χ1n) is 6.77. The number of nitriles is 1. The summed E-state index contributed by atoms with van der Waals surface area (Å²) in [4.78, 5) is 23.2. The van der Waals surface area contributed by atoms with E-state index >= 15 is 0 Å². The Bertz CT molecular complexity index is 724. The van der Waals surface area contributed by atoms with E-state index in [4.69, 9.17) is 5.26 Å². The second kappa shape index (κ2) is 8.01. The lowest BCUT2D eigenvalue weighted by Gasteiger charge is -2.17. The number of carbonyl (C=O) groups excluding carboxylic acids is 2. The van der Waals surface area contributed by atoms with Gasteiger partial charge in [-0.3, -0.25) is 4.79 Å². The quantitative estimate of drug-likeness (QED) is 0.873. The molecular weight excluding hydrogens is 312 g/mol. The summed E-state index contributed by atoms with van der Waals surface area (Å²) in [6.45, 7) is 0. The van der Waals surface area contributed by atoms with E-state index in [9.17, 15) is 14.7 Å². The summed E-state index contributed by atoms with van der Waals surface area (Å²) in [7, 11) is 0. The molecule has 0 aromatic heterocycles. The first kappa shape index (κ1) is 16.6. The Kier molecular flexibility index (Phi) is 5.78. The molecule has 0 aliphatic heterocycles. The number of rotatable bonds is 6. The summed E-state index contributed by atoms with van der Waals surface area (Å²) in [5, 5.41) is 21.5. The van der Waals surface area contributed by atoms with Gasteiger partial charge < -0.3 is 15.2 Å². The van der Waals surface area contributed by atoms with Crippen LogP contribution in [0.4, 0.5) is 5.69 Å². The number of aliphatic carboxylic acids is 1. The van der Waals surface area contributed by atoms with Crippen molar-refractivity contribution in [3.63, 3.8) is 0 Å². The molecule has 0 unspecified atom stereocenters. The molecule has 0 aliphatic rings. The second-order valence-corrected chi connectivity index (χ2v) is 5.75. The monoisotopic (exact) mass is 325 g/mol. The van der Waals surface area contributed by atoms with Crippen LogP contribution in [0.3, 0.4) is 0 Å². The van der Waals surface area contributed by atoms with Crippen LogP contribution < -0.4 is 10.4 Å². The van der Waals surface area contributed by atoms with Crippen LogP contribution in [0, 0.1) is 11.3 Å². The maximum Gasteiger partial charge on any atom is 0.242 e. The molecule has 0 heterocycles. The van der Waals surface area contributed by atoms with Gasteiger partial charge in [-0.15, -0.1) is 11.8 Å². The van der Waals surface area contributed by atoms with Crippen molar-refractivity contribution < 1.29 is 14.7 Å². The Labute approximate surface area is 137 Å². The Morgan fingerprint density at radius 3 is 2.35 bits per heavy atom. The average molecular weight is 325 g/mol. The van der Waals surface area contributed by atoms with Gasteiger partial charge in [0.1, 0.15) is 5.25 Å². The topological polar surface area (TPSA) is 93.0 Å². The molecule has 6 heteroatoms. The van der Waals surface area contributed by atoms with Crippen LogP contribution in [-0.2, 0) is 9.59 Å². The van der Waals surface area contributed by atoms with Crippen molar-refractivity contribution in [3.05, 3.63) is 65.7 Å². The van der Waals surface area contributed by atoms with Crippen LogP contribution in [-0.4, -0.2) is 17.6 Å². The van der Waals surface area contributed by atoms with Crippen molar-refractivity contribution in [2.45, 2.75) is 5.25 Å². The zero-order chi connectivity index (χ0) is 16.7. The lowest BCUT2D eigenvalue weighted by Crippen LogP contribution is -2.27. The van der Waals surface area contributed by atoms with Gasteiger partial charge in [-0.2, -0.15) is 5.26 Å². The fourth-order valence-corrected chi connectivity index (χ4v) is 2.80. The molecule has 0 bridgehead atoms. The van der Waals surface area contributed by atoms with E-state index in [2.05, 4.69) is 5.32 Å². The van der Waals surface area contributed by atoms with Gasteiger partial charge in [0.2, 0.25) is 5.91 Å². The van der Waals surface area contributed by atoms with Crippen LogP contribution in [0.5, 0.6) is 0 Å². The molecule has 5 nitrogen and oxygen atoms in total. The summed E-state index contributed by atoms with van der Waals surface area (Å²) in [5.74, 6) is -1.82. The number of hydrogen-bond acceptors (Lipinski definition) is 5. The predicted molar refractivity (Wildman–Crippen MR) is 86.4 cm³/mol. The Balaban J connectivity index is 2.15. The Morgan fingerprint density at radius 1 is 1.13 bits per heavy atom. The Hall–Kier alpha value is -2.78. The van der Waals surface area contributed by atoms with Crippen molar-refractivity contribution in [1.82, 2.24) is 0 Å². The fourth-order valence-electron chi connectivity index (χ4n) is 1.94. The molecule has 1 atom stereocenters. The van der Waals surface area contributed by atoms with E-state index in [1.807, 2.05) is 12.1 Å². The van der Waals surface area contributed by atoms with Crippen LogP contribution in [0.2, 0.25) is 0 Å². The number of thioether (sulfide) groups is 1. The van der Waals surface area contributed by atoms with Gasteiger partial charge in [0, 0.05) is 11.4 Å². The maximum absolute atomic E-state index is 12.5. The van der Waals surface area contributed by atoms with Crippen LogP contribution in [0.1, 0.15) is 16.4 Å². The minimum atomic E-state index is -1.22. The lowest BCUT2D eigenvalue weighted by molar-refractivity contribution is -0.301. The first-order chi connectivity index (χ1) is 11.1. The summed E-state index contributed by atoms with van der Waals surface area (Å²) in [6.07, 6.45) is 0. The van der Waals surface area contributed by atoms with Crippen LogP contribution >= 0.6 is 11.8 Å². The maximum atomic E-state index is 12.5. The molecule has 2 rings (SSSR count). The van der Waals surface area contributed by atoms with E-state index < -0.39 is 11.2 Å².